The third kappa shape index (κ3) is 3.06. The molecule has 0 saturated carbocycles. The molecular weight excluding hydrogens is 306 g/mol. The first-order valence-corrected chi connectivity index (χ1v) is 7.62. The molecule has 0 saturated heterocycles. The summed E-state index contributed by atoms with van der Waals surface area (Å²) in [4.78, 5) is 11.6. The lowest BCUT2D eigenvalue weighted by molar-refractivity contribution is -0.145. The number of nitrogens with one attached hydrogen (secondary N) is 1. The Morgan fingerprint density at radius 2 is 1.88 bits per heavy atom. The molecule has 0 radical (unpaired) electrons. The van der Waals surface area contributed by atoms with Crippen molar-refractivity contribution < 1.29 is 19.4 Å². The number of aromatic hydroxyl groups is 1. The zero-order chi connectivity index (χ0) is 17.2. The van der Waals surface area contributed by atoms with Gasteiger partial charge in [-0.15, -0.1) is 0 Å². The van der Waals surface area contributed by atoms with Gasteiger partial charge in [0.1, 0.15) is 11.5 Å². The minimum Gasteiger partial charge on any atom is -0.506 e. The van der Waals surface area contributed by atoms with E-state index in [1.54, 1.807) is 31.4 Å². The molecule has 0 aliphatic carbocycles. The van der Waals surface area contributed by atoms with Crippen LogP contribution in [0.15, 0.2) is 60.7 Å². The summed E-state index contributed by atoms with van der Waals surface area (Å²) in [6.07, 6.45) is 3.15. The molecule has 0 aromatic heterocycles. The molecule has 0 bridgehead atoms. The number of para-hydroxylation sites is 2. The highest BCUT2D eigenvalue weighted by atomic mass is 16.6. The second-order valence-electron chi connectivity index (χ2n) is 5.81. The van der Waals surface area contributed by atoms with Crippen LogP contribution in [0.25, 0.3) is 0 Å². The minimum absolute atomic E-state index is 0.132. The number of ether oxygens (including phenoxy) is 2. The number of benzene rings is 2. The summed E-state index contributed by atoms with van der Waals surface area (Å²) < 4.78 is 10.7. The van der Waals surface area contributed by atoms with Crippen LogP contribution < -0.4 is 10.1 Å². The van der Waals surface area contributed by atoms with Crippen molar-refractivity contribution in [3.05, 3.63) is 66.2 Å². The molecular formula is C19H19NO4. The van der Waals surface area contributed by atoms with E-state index in [0.717, 1.165) is 11.3 Å². The highest BCUT2D eigenvalue weighted by Gasteiger charge is 2.40. The molecule has 24 heavy (non-hydrogen) atoms. The molecule has 5 heteroatoms. The molecule has 0 spiro atoms. The van der Waals surface area contributed by atoms with Crippen molar-refractivity contribution in [2.45, 2.75) is 18.6 Å². The summed E-state index contributed by atoms with van der Waals surface area (Å²) in [6.45, 7) is 1.83. The van der Waals surface area contributed by atoms with Crippen LogP contribution >= 0.6 is 0 Å². The van der Waals surface area contributed by atoms with Crippen LogP contribution in [-0.2, 0) is 9.53 Å². The Morgan fingerprint density at radius 3 is 2.46 bits per heavy atom. The van der Waals surface area contributed by atoms with E-state index in [9.17, 15) is 9.90 Å². The average Bonchev–Trinajstić information content (AvgIpc) is 2.94. The van der Waals surface area contributed by atoms with Gasteiger partial charge in [-0.2, -0.15) is 0 Å². The van der Waals surface area contributed by atoms with Crippen LogP contribution in [0.2, 0.25) is 0 Å². The maximum atomic E-state index is 11.6. The quantitative estimate of drug-likeness (QED) is 0.651. The van der Waals surface area contributed by atoms with E-state index in [1.165, 1.54) is 6.08 Å². The third-order valence-electron chi connectivity index (χ3n) is 4.10. The Hall–Kier alpha value is -2.95. The van der Waals surface area contributed by atoms with E-state index in [4.69, 9.17) is 9.47 Å². The van der Waals surface area contributed by atoms with Crippen molar-refractivity contribution >= 4 is 11.7 Å². The Morgan fingerprint density at radius 1 is 1.17 bits per heavy atom. The van der Waals surface area contributed by atoms with Crippen LogP contribution in [-0.4, -0.2) is 23.8 Å². The molecule has 1 heterocycles. The molecule has 1 unspecified atom stereocenters. The number of carbonyl (C=O) groups is 1. The van der Waals surface area contributed by atoms with Crippen LogP contribution in [0.1, 0.15) is 18.5 Å². The molecule has 0 amide bonds. The predicted octanol–water partition coefficient (Wildman–Crippen LogP) is 3.43. The fourth-order valence-corrected chi connectivity index (χ4v) is 2.78. The van der Waals surface area contributed by atoms with Gasteiger partial charge in [0.15, 0.2) is 5.60 Å². The summed E-state index contributed by atoms with van der Waals surface area (Å²) in [5.74, 6) is 0.493. The molecule has 5 nitrogen and oxygen atoms in total. The zero-order valence-electron chi connectivity index (χ0n) is 13.5. The van der Waals surface area contributed by atoms with E-state index in [2.05, 4.69) is 5.32 Å². The number of anilines is 1. The zero-order valence-corrected chi connectivity index (χ0v) is 13.5. The largest absolute Gasteiger partial charge is 0.506 e. The number of methoxy groups -OCH3 is 1. The van der Waals surface area contributed by atoms with Crippen molar-refractivity contribution in [3.63, 3.8) is 0 Å². The highest BCUT2D eigenvalue weighted by Crippen LogP contribution is 2.38. The van der Waals surface area contributed by atoms with Gasteiger partial charge in [-0.25, -0.2) is 4.79 Å². The van der Waals surface area contributed by atoms with Gasteiger partial charge in [-0.1, -0.05) is 24.3 Å². The summed E-state index contributed by atoms with van der Waals surface area (Å²) in [7, 11) is 1.61. The van der Waals surface area contributed by atoms with E-state index in [0.29, 0.717) is 5.69 Å². The normalized spacial score (nSPS) is 20.5. The lowest BCUT2D eigenvalue weighted by Gasteiger charge is -2.33. The van der Waals surface area contributed by atoms with E-state index < -0.39 is 5.60 Å². The van der Waals surface area contributed by atoms with Gasteiger partial charge in [0.25, 0.3) is 0 Å². The molecule has 1 aliphatic heterocycles. The first-order chi connectivity index (χ1) is 11.5. The number of hydrogen-bond acceptors (Lipinski definition) is 5. The van der Waals surface area contributed by atoms with Crippen molar-refractivity contribution in [2.75, 3.05) is 12.4 Å². The van der Waals surface area contributed by atoms with E-state index in [1.807, 2.05) is 37.3 Å². The molecule has 1 aliphatic rings. The van der Waals surface area contributed by atoms with Crippen LogP contribution in [0.4, 0.5) is 5.69 Å². The molecule has 0 fully saturated rings. The molecule has 2 aromatic carbocycles. The molecule has 2 aromatic rings. The van der Waals surface area contributed by atoms with Gasteiger partial charge >= 0.3 is 5.97 Å². The van der Waals surface area contributed by atoms with Crippen molar-refractivity contribution in [2.24, 2.45) is 0 Å². The monoisotopic (exact) mass is 325 g/mol. The summed E-state index contributed by atoms with van der Waals surface area (Å²) in [6, 6.07) is 14.1. The minimum atomic E-state index is -0.867. The van der Waals surface area contributed by atoms with Crippen molar-refractivity contribution in [3.8, 4) is 11.5 Å². The van der Waals surface area contributed by atoms with Gasteiger partial charge in [-0.05, 0) is 42.8 Å². The first kappa shape index (κ1) is 15.9. The Labute approximate surface area is 140 Å². The van der Waals surface area contributed by atoms with E-state index >= 15 is 0 Å². The van der Waals surface area contributed by atoms with Crippen molar-refractivity contribution in [1.29, 1.82) is 0 Å². The van der Waals surface area contributed by atoms with Crippen molar-refractivity contribution in [1.82, 2.24) is 0 Å². The number of hydrogen-bond donors (Lipinski definition) is 2. The van der Waals surface area contributed by atoms with Gasteiger partial charge < -0.3 is 19.9 Å². The Kier molecular flexibility index (Phi) is 4.16. The summed E-state index contributed by atoms with van der Waals surface area (Å²) in [5, 5.41) is 13.3. The molecule has 2 atom stereocenters. The SMILES string of the molecule is COc1ccc([C@@H](Nc2ccccc2O)C2(C)C=CC(=O)O2)cc1. The van der Waals surface area contributed by atoms with Gasteiger partial charge in [-0.3, -0.25) is 0 Å². The first-order valence-electron chi connectivity index (χ1n) is 7.62. The van der Waals surface area contributed by atoms with Crippen LogP contribution in [0.3, 0.4) is 0 Å². The smallest absolute Gasteiger partial charge is 0.331 e. The third-order valence-corrected chi connectivity index (χ3v) is 4.10. The second kappa shape index (κ2) is 6.28. The van der Waals surface area contributed by atoms with Crippen LogP contribution in [0, 0.1) is 0 Å². The number of esters is 1. The second-order valence-corrected chi connectivity index (χ2v) is 5.81. The lowest BCUT2D eigenvalue weighted by Crippen LogP contribution is -2.37. The topological polar surface area (TPSA) is 67.8 Å². The molecule has 2 N–H and O–H groups in total. The van der Waals surface area contributed by atoms with Gasteiger partial charge in [0.05, 0.1) is 18.8 Å². The standard InChI is InChI=1S/C19H19NO4/c1-19(12-11-17(22)24-19)18(13-7-9-14(23-2)10-8-13)20-15-5-3-4-6-16(15)21/h3-12,18,20-21H,1-2H3/t18-,19?/m1/s1. The molecule has 124 valence electrons. The maximum absolute atomic E-state index is 11.6. The number of phenolic OH excluding ortho intramolecular Hbond substituents is 1. The Balaban J connectivity index is 1.99. The van der Waals surface area contributed by atoms with E-state index in [-0.39, 0.29) is 17.8 Å². The lowest BCUT2D eigenvalue weighted by atomic mass is 9.90. The number of phenols is 1. The number of rotatable bonds is 5. The number of carbonyl (C=O) groups excluding carboxylic acids is 1. The van der Waals surface area contributed by atoms with Gasteiger partial charge in [0, 0.05) is 6.08 Å². The van der Waals surface area contributed by atoms with Gasteiger partial charge in [0.2, 0.25) is 0 Å². The average molecular weight is 325 g/mol. The molecule has 3 rings (SSSR count). The fraction of sp³-hybridized carbons (Fsp3) is 0.211. The highest BCUT2D eigenvalue weighted by molar-refractivity contribution is 5.85. The summed E-state index contributed by atoms with van der Waals surface area (Å²) in [5.41, 5.74) is 0.602. The summed E-state index contributed by atoms with van der Waals surface area (Å²) >= 11 is 0. The number of cyclic esters (lactones) is 1. The maximum Gasteiger partial charge on any atom is 0.331 e. The Bertz CT molecular complexity index is 769. The van der Waals surface area contributed by atoms with Crippen LogP contribution in [0.5, 0.6) is 11.5 Å². The predicted molar refractivity (Wildman–Crippen MR) is 91.1 cm³/mol. The fourth-order valence-electron chi connectivity index (χ4n) is 2.78.